The van der Waals surface area contributed by atoms with Crippen LogP contribution in [0.25, 0.3) is 0 Å². The molecule has 2 nitrogen and oxygen atoms in total. The summed E-state index contributed by atoms with van der Waals surface area (Å²) in [5, 5.41) is 0. The molecule has 4 heteroatoms. The van der Waals surface area contributed by atoms with E-state index in [0.29, 0.717) is 13.0 Å². The highest BCUT2D eigenvalue weighted by Gasteiger charge is 2.04. The first-order valence-electron chi connectivity index (χ1n) is 12.6. The van der Waals surface area contributed by atoms with Gasteiger partial charge in [0.1, 0.15) is 11.6 Å². The van der Waals surface area contributed by atoms with Crippen LogP contribution >= 0.6 is 0 Å². The SMILES string of the molecule is C=CC=C.CC.CC.CC.CC.CC.Cc1ccc(OCCCOc2cc(F)ccc2F)cc1. The molecule has 0 radical (unpaired) electrons. The second kappa shape index (κ2) is 37.7. The zero-order valence-corrected chi connectivity index (χ0v) is 23.8. The molecule has 0 heterocycles. The molecule has 0 N–H and O–H groups in total. The number of hydrogen-bond acceptors (Lipinski definition) is 2. The van der Waals surface area contributed by atoms with E-state index in [1.807, 2.05) is 100 Å². The lowest BCUT2D eigenvalue weighted by molar-refractivity contribution is 0.240. The molecule has 0 spiro atoms. The lowest BCUT2D eigenvalue weighted by Crippen LogP contribution is -2.06. The molecule has 0 unspecified atom stereocenters. The summed E-state index contributed by atoms with van der Waals surface area (Å²) in [6, 6.07) is 10.9. The highest BCUT2D eigenvalue weighted by atomic mass is 19.1. The molecule has 0 saturated carbocycles. The van der Waals surface area contributed by atoms with E-state index in [0.717, 1.165) is 23.9 Å². The maximum absolute atomic E-state index is 13.3. The number of halogens is 2. The predicted molar refractivity (Wildman–Crippen MR) is 150 cm³/mol. The standard InChI is InChI=1S/C16H16F2O2.C4H6.5C2H6/c1-12-3-6-14(7-4-12)19-9-2-10-20-16-11-13(17)5-8-15(16)18;1-3-4-2;5*1-2/h3-8,11H,2,9-10H2,1H3;3-4H,1-2H2;5*1-2H3. The minimum absolute atomic E-state index is 0.0691. The molecule has 0 bridgehead atoms. The van der Waals surface area contributed by atoms with Gasteiger partial charge in [-0.2, -0.15) is 0 Å². The van der Waals surface area contributed by atoms with Gasteiger partial charge in [0, 0.05) is 12.5 Å². The number of allylic oxidation sites excluding steroid dienone is 2. The summed E-state index contributed by atoms with van der Waals surface area (Å²) in [7, 11) is 0. The zero-order chi connectivity index (χ0) is 27.8. The molecule has 0 aromatic heterocycles. The average molecular weight is 483 g/mol. The second-order valence-corrected chi connectivity index (χ2v) is 4.91. The molecular weight excluding hydrogens is 430 g/mol. The van der Waals surface area contributed by atoms with E-state index in [9.17, 15) is 8.78 Å². The Morgan fingerprint density at radius 1 is 0.676 bits per heavy atom. The topological polar surface area (TPSA) is 18.5 Å². The Morgan fingerprint density at radius 3 is 1.56 bits per heavy atom. The van der Waals surface area contributed by atoms with E-state index in [1.165, 1.54) is 5.56 Å². The van der Waals surface area contributed by atoms with Gasteiger partial charge < -0.3 is 9.47 Å². The first-order chi connectivity index (χ1) is 16.6. The third kappa shape index (κ3) is 27.4. The van der Waals surface area contributed by atoms with Gasteiger partial charge in [0.2, 0.25) is 0 Å². The summed E-state index contributed by atoms with van der Waals surface area (Å²) < 4.78 is 36.8. The second-order valence-electron chi connectivity index (χ2n) is 4.91. The molecule has 2 rings (SSSR count). The molecule has 0 saturated heterocycles. The molecule has 2 aromatic rings. The smallest absolute Gasteiger partial charge is 0.165 e. The zero-order valence-electron chi connectivity index (χ0n) is 23.8. The fraction of sp³-hybridized carbons (Fsp3) is 0.467. The first kappa shape index (κ1) is 41.6. The number of rotatable bonds is 7. The van der Waals surface area contributed by atoms with Crippen molar-refractivity contribution in [2.24, 2.45) is 0 Å². The minimum atomic E-state index is -0.564. The monoisotopic (exact) mass is 482 g/mol. The largest absolute Gasteiger partial charge is 0.493 e. The molecule has 198 valence electrons. The third-order valence-corrected chi connectivity index (χ3v) is 2.90. The van der Waals surface area contributed by atoms with Crippen molar-refractivity contribution in [2.45, 2.75) is 82.6 Å². The predicted octanol–water partition coefficient (Wildman–Crippen LogP) is 10.6. The lowest BCUT2D eigenvalue weighted by Gasteiger charge is -2.09. The Hall–Kier alpha value is -2.62. The van der Waals surface area contributed by atoms with Crippen LogP contribution in [0.1, 0.15) is 81.2 Å². The van der Waals surface area contributed by atoms with Gasteiger partial charge in [-0.25, -0.2) is 8.78 Å². The van der Waals surface area contributed by atoms with Crippen molar-refractivity contribution in [3.05, 3.63) is 85.0 Å². The number of benzene rings is 2. The summed E-state index contributed by atoms with van der Waals surface area (Å²) in [5.74, 6) is -0.365. The average Bonchev–Trinajstić information content (AvgIpc) is 2.93. The molecule has 0 aliphatic rings. The highest BCUT2D eigenvalue weighted by molar-refractivity contribution is 5.26. The summed E-state index contributed by atoms with van der Waals surface area (Å²) >= 11 is 0. The molecular formula is C30H52F2O2. The van der Waals surface area contributed by atoms with Crippen LogP contribution in [0.15, 0.2) is 67.8 Å². The molecule has 0 atom stereocenters. The highest BCUT2D eigenvalue weighted by Crippen LogP contribution is 2.18. The minimum Gasteiger partial charge on any atom is -0.493 e. The normalized spacial score (nSPS) is 7.56. The van der Waals surface area contributed by atoms with Crippen LogP contribution in [0.3, 0.4) is 0 Å². The van der Waals surface area contributed by atoms with Gasteiger partial charge in [0.05, 0.1) is 13.2 Å². The van der Waals surface area contributed by atoms with E-state index in [-0.39, 0.29) is 12.4 Å². The van der Waals surface area contributed by atoms with Crippen molar-refractivity contribution >= 4 is 0 Å². The number of ether oxygens (including phenoxy) is 2. The molecule has 34 heavy (non-hydrogen) atoms. The van der Waals surface area contributed by atoms with E-state index >= 15 is 0 Å². The molecule has 0 aliphatic carbocycles. The Labute approximate surface area is 210 Å². The summed E-state index contributed by atoms with van der Waals surface area (Å²) in [6.45, 7) is 29.5. The molecule has 0 fully saturated rings. The Morgan fingerprint density at radius 2 is 1.12 bits per heavy atom. The number of aryl methyl sites for hydroxylation is 1. The van der Waals surface area contributed by atoms with Crippen molar-refractivity contribution < 1.29 is 18.3 Å². The van der Waals surface area contributed by atoms with Crippen molar-refractivity contribution in [3.8, 4) is 11.5 Å². The lowest BCUT2D eigenvalue weighted by atomic mass is 10.2. The van der Waals surface area contributed by atoms with Crippen LogP contribution < -0.4 is 9.47 Å². The van der Waals surface area contributed by atoms with Gasteiger partial charge in [-0.1, -0.05) is 112 Å². The van der Waals surface area contributed by atoms with Gasteiger partial charge in [-0.15, -0.1) is 0 Å². The van der Waals surface area contributed by atoms with Gasteiger partial charge in [0.25, 0.3) is 0 Å². The third-order valence-electron chi connectivity index (χ3n) is 2.90. The van der Waals surface area contributed by atoms with Crippen molar-refractivity contribution in [3.63, 3.8) is 0 Å². The van der Waals surface area contributed by atoms with Gasteiger partial charge in [0.15, 0.2) is 11.6 Å². The van der Waals surface area contributed by atoms with Gasteiger partial charge in [-0.05, 0) is 31.2 Å². The van der Waals surface area contributed by atoms with Gasteiger partial charge in [-0.3, -0.25) is 0 Å². The van der Waals surface area contributed by atoms with E-state index in [2.05, 4.69) is 13.2 Å². The van der Waals surface area contributed by atoms with Crippen LogP contribution in [0.5, 0.6) is 11.5 Å². The first-order valence-corrected chi connectivity index (χ1v) is 12.6. The van der Waals surface area contributed by atoms with E-state index < -0.39 is 11.6 Å². The van der Waals surface area contributed by atoms with Crippen LogP contribution in [-0.4, -0.2) is 13.2 Å². The van der Waals surface area contributed by atoms with Crippen LogP contribution in [0.2, 0.25) is 0 Å². The Balaban J connectivity index is -0.000000170. The van der Waals surface area contributed by atoms with Crippen LogP contribution in [0.4, 0.5) is 8.78 Å². The summed E-state index contributed by atoms with van der Waals surface area (Å²) in [5.41, 5.74) is 1.17. The van der Waals surface area contributed by atoms with Crippen molar-refractivity contribution in [2.75, 3.05) is 13.2 Å². The van der Waals surface area contributed by atoms with Crippen molar-refractivity contribution in [1.82, 2.24) is 0 Å². The maximum Gasteiger partial charge on any atom is 0.165 e. The fourth-order valence-corrected chi connectivity index (χ4v) is 1.65. The summed E-state index contributed by atoms with van der Waals surface area (Å²) in [4.78, 5) is 0. The Kier molecular flexibility index (Phi) is 46.1. The Bertz CT molecular complexity index is 633. The van der Waals surface area contributed by atoms with Crippen molar-refractivity contribution in [1.29, 1.82) is 0 Å². The van der Waals surface area contributed by atoms with E-state index in [4.69, 9.17) is 9.47 Å². The fourth-order valence-electron chi connectivity index (χ4n) is 1.65. The van der Waals surface area contributed by atoms with Crippen LogP contribution in [-0.2, 0) is 0 Å². The molecule has 0 aliphatic heterocycles. The summed E-state index contributed by atoms with van der Waals surface area (Å²) in [6.07, 6.45) is 3.86. The van der Waals surface area contributed by atoms with Crippen LogP contribution in [0, 0.1) is 18.6 Å². The molecule has 2 aromatic carbocycles. The molecule has 0 amide bonds. The maximum atomic E-state index is 13.3. The van der Waals surface area contributed by atoms with Gasteiger partial charge >= 0.3 is 0 Å². The quantitative estimate of drug-likeness (QED) is 0.288. The van der Waals surface area contributed by atoms with E-state index in [1.54, 1.807) is 12.2 Å². The number of hydrogen-bond donors (Lipinski definition) is 0.